The van der Waals surface area contributed by atoms with Crippen LogP contribution in [-0.2, 0) is 4.79 Å². The number of carbonyl (C=O) groups is 1. The lowest BCUT2D eigenvalue weighted by Crippen LogP contribution is -2.41. The molecule has 0 bridgehead atoms. The zero-order chi connectivity index (χ0) is 13.1. The fourth-order valence-electron chi connectivity index (χ4n) is 3.13. The van der Waals surface area contributed by atoms with Crippen LogP contribution < -0.4 is 0 Å². The number of hydrogen-bond acceptors (Lipinski definition) is 2. The van der Waals surface area contributed by atoms with E-state index in [0.717, 1.165) is 38.8 Å². The van der Waals surface area contributed by atoms with E-state index in [9.17, 15) is 4.79 Å². The molecule has 4 heteroatoms. The second kappa shape index (κ2) is 5.59. The fraction of sp³-hybridized carbons (Fsp3) is 0.600. The highest BCUT2D eigenvalue weighted by atomic mass is 16.2. The first kappa shape index (κ1) is 12.5. The molecule has 4 nitrogen and oxygen atoms in total. The first-order chi connectivity index (χ1) is 9.33. The number of allylic oxidation sites excluding steroid dienone is 2. The van der Waals surface area contributed by atoms with Crippen molar-refractivity contribution in [3.63, 3.8) is 0 Å². The van der Waals surface area contributed by atoms with Crippen molar-refractivity contribution in [3.05, 3.63) is 30.9 Å². The van der Waals surface area contributed by atoms with Gasteiger partial charge in [0.15, 0.2) is 0 Å². The Morgan fingerprint density at radius 2 is 2.32 bits per heavy atom. The summed E-state index contributed by atoms with van der Waals surface area (Å²) in [5, 5.41) is 0. The molecule has 0 saturated carbocycles. The molecule has 0 unspecified atom stereocenters. The van der Waals surface area contributed by atoms with Crippen LogP contribution >= 0.6 is 0 Å². The van der Waals surface area contributed by atoms with Crippen LogP contribution in [0, 0.1) is 5.92 Å². The predicted molar refractivity (Wildman–Crippen MR) is 73.6 cm³/mol. The summed E-state index contributed by atoms with van der Waals surface area (Å²) in [4.78, 5) is 18.5. The Morgan fingerprint density at radius 1 is 1.37 bits per heavy atom. The molecule has 3 rings (SSSR count). The number of carbonyl (C=O) groups excluding carboxylic acids is 1. The van der Waals surface area contributed by atoms with Gasteiger partial charge in [-0.25, -0.2) is 4.98 Å². The quantitative estimate of drug-likeness (QED) is 0.782. The molecule has 2 aliphatic rings. The molecule has 0 spiro atoms. The van der Waals surface area contributed by atoms with Crippen LogP contribution in [0.2, 0.25) is 0 Å². The summed E-state index contributed by atoms with van der Waals surface area (Å²) in [5.41, 5.74) is 0. The molecule has 2 heterocycles. The number of hydrogen-bond donors (Lipinski definition) is 0. The highest BCUT2D eigenvalue weighted by molar-refractivity contribution is 5.76. The van der Waals surface area contributed by atoms with Gasteiger partial charge in [0, 0.05) is 31.9 Å². The van der Waals surface area contributed by atoms with Crippen LogP contribution in [0.1, 0.15) is 38.1 Å². The van der Waals surface area contributed by atoms with Gasteiger partial charge >= 0.3 is 0 Å². The molecule has 19 heavy (non-hydrogen) atoms. The highest BCUT2D eigenvalue weighted by Gasteiger charge is 2.26. The van der Waals surface area contributed by atoms with E-state index in [4.69, 9.17) is 0 Å². The van der Waals surface area contributed by atoms with Crippen molar-refractivity contribution in [2.45, 2.75) is 38.1 Å². The lowest BCUT2D eigenvalue weighted by molar-refractivity contribution is -0.133. The van der Waals surface area contributed by atoms with E-state index in [0.29, 0.717) is 24.3 Å². The summed E-state index contributed by atoms with van der Waals surface area (Å²) in [6.07, 6.45) is 15.3. The SMILES string of the molecule is O=C(C[C@H]1C=CCC1)N1CCC[C@H](n2ccnc2)C1. The van der Waals surface area contributed by atoms with Crippen LogP contribution in [-0.4, -0.2) is 33.4 Å². The third-order valence-electron chi connectivity index (χ3n) is 4.24. The number of piperidine rings is 1. The van der Waals surface area contributed by atoms with Crippen LogP contribution in [0.5, 0.6) is 0 Å². The third-order valence-corrected chi connectivity index (χ3v) is 4.24. The number of rotatable bonds is 3. The minimum absolute atomic E-state index is 0.321. The Labute approximate surface area is 114 Å². The van der Waals surface area contributed by atoms with Gasteiger partial charge in [0.2, 0.25) is 5.91 Å². The molecule has 1 aliphatic carbocycles. The van der Waals surface area contributed by atoms with Crippen LogP contribution in [0.4, 0.5) is 0 Å². The van der Waals surface area contributed by atoms with Gasteiger partial charge in [0.25, 0.3) is 0 Å². The van der Waals surface area contributed by atoms with Crippen molar-refractivity contribution < 1.29 is 4.79 Å². The van der Waals surface area contributed by atoms with Crippen molar-refractivity contribution in [2.24, 2.45) is 5.92 Å². The van der Waals surface area contributed by atoms with E-state index in [1.165, 1.54) is 0 Å². The highest BCUT2D eigenvalue weighted by Crippen LogP contribution is 2.25. The molecule has 2 atom stereocenters. The average Bonchev–Trinajstić information content (AvgIpc) is 3.12. The minimum Gasteiger partial charge on any atom is -0.341 e. The summed E-state index contributed by atoms with van der Waals surface area (Å²) in [5.74, 6) is 0.794. The molecule has 1 aromatic rings. The molecular weight excluding hydrogens is 238 g/mol. The van der Waals surface area contributed by atoms with Crippen LogP contribution in [0.25, 0.3) is 0 Å². The van der Waals surface area contributed by atoms with Gasteiger partial charge in [-0.05, 0) is 31.6 Å². The first-order valence-corrected chi connectivity index (χ1v) is 7.25. The van der Waals surface area contributed by atoms with Gasteiger partial charge in [-0.3, -0.25) is 4.79 Å². The van der Waals surface area contributed by atoms with Gasteiger partial charge in [-0.1, -0.05) is 12.2 Å². The van der Waals surface area contributed by atoms with E-state index >= 15 is 0 Å². The Bertz CT molecular complexity index is 452. The Morgan fingerprint density at radius 3 is 3.05 bits per heavy atom. The molecule has 1 fully saturated rings. The molecule has 1 amide bonds. The number of amides is 1. The molecule has 0 N–H and O–H groups in total. The smallest absolute Gasteiger partial charge is 0.223 e. The summed E-state index contributed by atoms with van der Waals surface area (Å²) in [7, 11) is 0. The normalized spacial score (nSPS) is 26.8. The first-order valence-electron chi connectivity index (χ1n) is 7.25. The largest absolute Gasteiger partial charge is 0.341 e. The fourth-order valence-corrected chi connectivity index (χ4v) is 3.13. The van der Waals surface area contributed by atoms with Crippen molar-refractivity contribution in [1.82, 2.24) is 14.5 Å². The molecule has 1 saturated heterocycles. The second-order valence-corrected chi connectivity index (χ2v) is 5.62. The molecule has 1 aromatic heterocycles. The maximum Gasteiger partial charge on any atom is 0.223 e. The maximum absolute atomic E-state index is 12.3. The second-order valence-electron chi connectivity index (χ2n) is 5.62. The van der Waals surface area contributed by atoms with Gasteiger partial charge in [0.05, 0.1) is 12.4 Å². The zero-order valence-electron chi connectivity index (χ0n) is 11.2. The molecule has 0 aromatic carbocycles. The zero-order valence-corrected chi connectivity index (χ0v) is 11.2. The Balaban J connectivity index is 1.58. The Kier molecular flexibility index (Phi) is 3.67. The van der Waals surface area contributed by atoms with Gasteiger partial charge in [-0.2, -0.15) is 0 Å². The van der Waals surface area contributed by atoms with E-state index < -0.39 is 0 Å². The lowest BCUT2D eigenvalue weighted by atomic mass is 10.0. The maximum atomic E-state index is 12.3. The van der Waals surface area contributed by atoms with E-state index in [1.54, 1.807) is 0 Å². The molecule has 102 valence electrons. The lowest BCUT2D eigenvalue weighted by Gasteiger charge is -2.33. The predicted octanol–water partition coefficient (Wildman–Crippen LogP) is 2.40. The summed E-state index contributed by atoms with van der Waals surface area (Å²) in [6.45, 7) is 1.76. The number of nitrogens with zero attached hydrogens (tertiary/aromatic N) is 3. The van der Waals surface area contributed by atoms with Crippen LogP contribution in [0.15, 0.2) is 30.9 Å². The minimum atomic E-state index is 0.321. The molecular formula is C15H21N3O. The molecule has 0 radical (unpaired) electrons. The number of likely N-dealkylation sites (tertiary alicyclic amines) is 1. The standard InChI is InChI=1S/C15H21N3O/c19-15(10-13-4-1-2-5-13)17-8-3-6-14(11-17)18-9-7-16-12-18/h1,4,7,9,12-14H,2-3,5-6,8,10-11H2/t13-,14-/m0/s1. The van der Waals surface area contributed by atoms with Gasteiger partial charge in [0.1, 0.15) is 0 Å². The summed E-state index contributed by atoms with van der Waals surface area (Å²) in [6, 6.07) is 0.402. The van der Waals surface area contributed by atoms with E-state index in [-0.39, 0.29) is 0 Å². The van der Waals surface area contributed by atoms with E-state index in [1.807, 2.05) is 23.6 Å². The Hall–Kier alpha value is -1.58. The van der Waals surface area contributed by atoms with Crippen molar-refractivity contribution >= 4 is 5.91 Å². The molecule has 1 aliphatic heterocycles. The number of aromatic nitrogens is 2. The van der Waals surface area contributed by atoms with Gasteiger partial charge < -0.3 is 9.47 Å². The summed E-state index contributed by atoms with van der Waals surface area (Å²) < 4.78 is 2.13. The monoisotopic (exact) mass is 259 g/mol. The van der Waals surface area contributed by atoms with Crippen molar-refractivity contribution in [3.8, 4) is 0 Å². The number of imidazole rings is 1. The van der Waals surface area contributed by atoms with E-state index in [2.05, 4.69) is 21.7 Å². The average molecular weight is 259 g/mol. The summed E-state index contributed by atoms with van der Waals surface area (Å²) >= 11 is 0. The third kappa shape index (κ3) is 2.88. The van der Waals surface area contributed by atoms with Gasteiger partial charge in [-0.15, -0.1) is 0 Å². The topological polar surface area (TPSA) is 38.1 Å². The van der Waals surface area contributed by atoms with Crippen LogP contribution in [0.3, 0.4) is 0 Å². The van der Waals surface area contributed by atoms with Crippen molar-refractivity contribution in [1.29, 1.82) is 0 Å². The van der Waals surface area contributed by atoms with Crippen molar-refractivity contribution in [2.75, 3.05) is 13.1 Å².